The van der Waals surface area contributed by atoms with Gasteiger partial charge in [-0.1, -0.05) is 0 Å². The first-order valence-electron chi connectivity index (χ1n) is 6.92. The Bertz CT molecular complexity index is 387. The van der Waals surface area contributed by atoms with Crippen LogP contribution in [-0.4, -0.2) is 64.7 Å². The summed E-state index contributed by atoms with van der Waals surface area (Å²) in [7, 11) is 0. The number of ether oxygens (including phenoxy) is 5. The molecule has 0 spiro atoms. The van der Waals surface area contributed by atoms with Crippen LogP contribution in [0.3, 0.4) is 0 Å². The predicted octanol–water partition coefficient (Wildman–Crippen LogP) is 1.94. The molecule has 0 aromatic carbocycles. The summed E-state index contributed by atoms with van der Waals surface area (Å²) in [5, 5.41) is 10.4. The van der Waals surface area contributed by atoms with Crippen molar-refractivity contribution in [1.82, 2.24) is 0 Å². The number of alkyl halides is 4. The van der Waals surface area contributed by atoms with Gasteiger partial charge in [0.15, 0.2) is 18.9 Å². The van der Waals surface area contributed by atoms with Crippen LogP contribution in [0.15, 0.2) is 0 Å². The van der Waals surface area contributed by atoms with Gasteiger partial charge in [-0.2, -0.15) is 0 Å². The Hall–Kier alpha value is 0.920. The van der Waals surface area contributed by atoms with Gasteiger partial charge in [0.1, 0.15) is 34.1 Å². The van der Waals surface area contributed by atoms with E-state index < -0.39 is 53.0 Å². The minimum absolute atomic E-state index is 0.279. The normalized spacial score (nSPS) is 45.1. The molecule has 1 N–H and O–H groups in total. The number of hydrogen-bond donors (Lipinski definition) is 1. The summed E-state index contributed by atoms with van der Waals surface area (Å²) in [6, 6.07) is 0. The summed E-state index contributed by atoms with van der Waals surface area (Å²) in [5.41, 5.74) is 0. The van der Waals surface area contributed by atoms with Gasteiger partial charge in [0.05, 0.1) is 6.61 Å². The van der Waals surface area contributed by atoms with Crippen LogP contribution in [0.1, 0.15) is 12.8 Å². The first kappa shape index (κ1) is 17.7. The molecular formula is C12H16Cl4O6. The zero-order valence-corrected chi connectivity index (χ0v) is 14.3. The van der Waals surface area contributed by atoms with E-state index in [0.29, 0.717) is 12.8 Å². The third-order valence-electron chi connectivity index (χ3n) is 3.71. The molecule has 0 radical (unpaired) electrons. The molecule has 3 heterocycles. The number of hydrogen-bond acceptors (Lipinski definition) is 6. The van der Waals surface area contributed by atoms with Crippen molar-refractivity contribution in [1.29, 1.82) is 0 Å². The number of halogens is 4. The molecule has 2 unspecified atom stereocenters. The molecule has 0 amide bonds. The summed E-state index contributed by atoms with van der Waals surface area (Å²) in [4.78, 5) is -1.19. The molecule has 0 aromatic rings. The molecule has 22 heavy (non-hydrogen) atoms. The highest BCUT2D eigenvalue weighted by Gasteiger charge is 2.55. The molecule has 7 atom stereocenters. The quantitative estimate of drug-likeness (QED) is 0.715. The van der Waals surface area contributed by atoms with Crippen LogP contribution in [0.25, 0.3) is 0 Å². The SMILES string of the molecule is O[C@@H]1[C@H]2OC(CC(Cl)Cl)O[C@H]2O[C@@H]1[C@H]1COC(CC(Cl)Cl)O1. The van der Waals surface area contributed by atoms with Gasteiger partial charge in [0.25, 0.3) is 0 Å². The second-order valence-electron chi connectivity index (χ2n) is 5.32. The lowest BCUT2D eigenvalue weighted by atomic mass is 10.1. The Morgan fingerprint density at radius 1 is 0.864 bits per heavy atom. The topological polar surface area (TPSA) is 66.4 Å². The van der Waals surface area contributed by atoms with Gasteiger partial charge < -0.3 is 28.8 Å². The molecular weight excluding hydrogens is 382 g/mol. The summed E-state index contributed by atoms with van der Waals surface area (Å²) in [5.74, 6) is 0. The van der Waals surface area contributed by atoms with Crippen molar-refractivity contribution in [2.75, 3.05) is 6.61 Å². The van der Waals surface area contributed by atoms with Crippen LogP contribution in [-0.2, 0) is 23.7 Å². The Labute approximate surface area is 147 Å². The maximum absolute atomic E-state index is 10.4. The lowest BCUT2D eigenvalue weighted by molar-refractivity contribution is -0.191. The minimum atomic E-state index is -0.894. The number of rotatable bonds is 5. The molecule has 3 saturated heterocycles. The van der Waals surface area contributed by atoms with Crippen molar-refractivity contribution >= 4 is 46.4 Å². The fourth-order valence-corrected chi connectivity index (χ4v) is 3.33. The highest BCUT2D eigenvalue weighted by atomic mass is 35.5. The lowest BCUT2D eigenvalue weighted by Crippen LogP contribution is -2.41. The van der Waals surface area contributed by atoms with Crippen LogP contribution in [0.4, 0.5) is 0 Å². The van der Waals surface area contributed by atoms with E-state index in [1.54, 1.807) is 0 Å². The predicted molar refractivity (Wildman–Crippen MR) is 79.2 cm³/mol. The summed E-state index contributed by atoms with van der Waals surface area (Å²) in [6.07, 6.45) is -3.66. The molecule has 3 fully saturated rings. The Morgan fingerprint density at radius 3 is 2.18 bits per heavy atom. The summed E-state index contributed by atoms with van der Waals surface area (Å²) in [6.45, 7) is 0.279. The van der Waals surface area contributed by atoms with E-state index in [9.17, 15) is 5.11 Å². The summed E-state index contributed by atoms with van der Waals surface area (Å²) >= 11 is 22.8. The largest absolute Gasteiger partial charge is 0.387 e. The smallest absolute Gasteiger partial charge is 0.190 e. The zero-order valence-electron chi connectivity index (χ0n) is 11.3. The zero-order chi connectivity index (χ0) is 15.9. The van der Waals surface area contributed by atoms with Crippen molar-refractivity contribution in [3.05, 3.63) is 0 Å². The molecule has 3 aliphatic heterocycles. The molecule has 0 aliphatic carbocycles. The molecule has 0 saturated carbocycles. The van der Waals surface area contributed by atoms with E-state index in [4.69, 9.17) is 70.1 Å². The highest BCUT2D eigenvalue weighted by molar-refractivity contribution is 6.44. The van der Waals surface area contributed by atoms with Crippen molar-refractivity contribution in [2.24, 2.45) is 0 Å². The fourth-order valence-electron chi connectivity index (χ4n) is 2.75. The van der Waals surface area contributed by atoms with Crippen LogP contribution < -0.4 is 0 Å². The maximum Gasteiger partial charge on any atom is 0.190 e. The van der Waals surface area contributed by atoms with Gasteiger partial charge in [-0.15, -0.1) is 46.4 Å². The monoisotopic (exact) mass is 396 g/mol. The van der Waals surface area contributed by atoms with Gasteiger partial charge >= 0.3 is 0 Å². The second-order valence-corrected chi connectivity index (χ2v) is 7.87. The number of aliphatic hydroxyl groups excluding tert-OH is 1. The third-order valence-corrected chi connectivity index (χ3v) is 4.42. The van der Waals surface area contributed by atoms with E-state index >= 15 is 0 Å². The molecule has 6 nitrogen and oxygen atoms in total. The highest BCUT2D eigenvalue weighted by Crippen LogP contribution is 2.37. The molecule has 128 valence electrons. The Morgan fingerprint density at radius 2 is 1.55 bits per heavy atom. The Kier molecular flexibility index (Phi) is 5.99. The van der Waals surface area contributed by atoms with Crippen molar-refractivity contribution in [2.45, 2.75) is 65.8 Å². The van der Waals surface area contributed by atoms with Crippen LogP contribution >= 0.6 is 46.4 Å². The lowest BCUT2D eigenvalue weighted by Gasteiger charge is -2.23. The van der Waals surface area contributed by atoms with Gasteiger partial charge in [-0.05, 0) is 0 Å². The van der Waals surface area contributed by atoms with Gasteiger partial charge in [0.2, 0.25) is 0 Å². The van der Waals surface area contributed by atoms with Gasteiger partial charge in [-0.3, -0.25) is 0 Å². The van der Waals surface area contributed by atoms with Crippen molar-refractivity contribution < 1.29 is 28.8 Å². The summed E-state index contributed by atoms with van der Waals surface area (Å²) < 4.78 is 27.9. The van der Waals surface area contributed by atoms with Crippen molar-refractivity contribution in [3.63, 3.8) is 0 Å². The fraction of sp³-hybridized carbons (Fsp3) is 1.00. The van der Waals surface area contributed by atoms with E-state index in [2.05, 4.69) is 0 Å². The second kappa shape index (κ2) is 7.44. The average Bonchev–Trinajstić information content (AvgIpc) is 3.06. The minimum Gasteiger partial charge on any atom is -0.387 e. The third kappa shape index (κ3) is 3.94. The van der Waals surface area contributed by atoms with Crippen LogP contribution in [0, 0.1) is 0 Å². The first-order chi connectivity index (χ1) is 10.4. The van der Waals surface area contributed by atoms with Crippen LogP contribution in [0.5, 0.6) is 0 Å². The maximum atomic E-state index is 10.4. The number of aliphatic hydroxyl groups is 1. The molecule has 10 heteroatoms. The standard InChI is InChI=1S/C12H16Cl4O6/c13-5(14)1-7-18-3-4(19-7)10-9(17)11-12(22-10)21-8(20-11)2-6(15)16/h4-12,17H,1-3H2/t4-,7?,8?,9+,10-,11-,12+/m1/s1. The molecule has 0 aromatic heterocycles. The van der Waals surface area contributed by atoms with E-state index in [1.165, 1.54) is 0 Å². The first-order valence-corrected chi connectivity index (χ1v) is 8.66. The van der Waals surface area contributed by atoms with Crippen LogP contribution in [0.2, 0.25) is 0 Å². The van der Waals surface area contributed by atoms with Gasteiger partial charge in [-0.25, -0.2) is 0 Å². The molecule has 3 rings (SSSR count). The molecule has 0 bridgehead atoms. The van der Waals surface area contributed by atoms with E-state index in [-0.39, 0.29) is 6.61 Å². The van der Waals surface area contributed by atoms with Crippen molar-refractivity contribution in [3.8, 4) is 0 Å². The average molecular weight is 398 g/mol. The Balaban J connectivity index is 1.52. The molecule has 3 aliphatic rings. The van der Waals surface area contributed by atoms with Gasteiger partial charge in [0, 0.05) is 12.8 Å². The number of fused-ring (bicyclic) bond motifs is 1. The van der Waals surface area contributed by atoms with E-state index in [1.807, 2.05) is 0 Å². The van der Waals surface area contributed by atoms with E-state index in [0.717, 1.165) is 0 Å².